The van der Waals surface area contributed by atoms with Crippen molar-refractivity contribution in [2.75, 3.05) is 19.0 Å². The number of likely N-dealkylation sites (N-methyl/N-ethyl adjacent to an activating group) is 1. The fourth-order valence-corrected chi connectivity index (χ4v) is 2.92. The molecule has 0 radical (unpaired) electrons. The second-order valence-corrected chi connectivity index (χ2v) is 6.47. The second-order valence-electron chi connectivity index (χ2n) is 6.04. The fourth-order valence-electron chi connectivity index (χ4n) is 2.70. The largest absolute Gasteiger partial charge is 0.484 e. The van der Waals surface area contributed by atoms with Gasteiger partial charge in [0.2, 0.25) is 5.91 Å². The zero-order valence-corrected chi connectivity index (χ0v) is 14.7. The summed E-state index contributed by atoms with van der Waals surface area (Å²) in [4.78, 5) is 25.2. The number of ether oxygens (including phenoxy) is 1. The lowest BCUT2D eigenvalue weighted by Gasteiger charge is -2.19. The number of nitrogens with one attached hydrogen (secondary N) is 1. The summed E-state index contributed by atoms with van der Waals surface area (Å²) in [5, 5.41) is 3.47. The molecule has 0 unspecified atom stereocenters. The maximum absolute atomic E-state index is 12.2. The molecular formula is C19H19ClN2O3. The number of carbonyl (C=O) groups is 2. The lowest BCUT2D eigenvalue weighted by molar-refractivity contribution is -0.132. The average molecular weight is 359 g/mol. The van der Waals surface area contributed by atoms with Gasteiger partial charge in [0, 0.05) is 30.7 Å². The summed E-state index contributed by atoms with van der Waals surface area (Å²) < 4.78 is 5.61. The zero-order chi connectivity index (χ0) is 17.8. The van der Waals surface area contributed by atoms with Crippen LogP contribution in [0, 0.1) is 0 Å². The Labute approximate surface area is 151 Å². The topological polar surface area (TPSA) is 58.6 Å². The van der Waals surface area contributed by atoms with Crippen molar-refractivity contribution >= 4 is 29.1 Å². The Morgan fingerprint density at radius 3 is 2.88 bits per heavy atom. The van der Waals surface area contributed by atoms with Crippen molar-refractivity contribution in [3.8, 4) is 5.75 Å². The third-order valence-corrected chi connectivity index (χ3v) is 4.30. The van der Waals surface area contributed by atoms with Crippen LogP contribution in [0.4, 0.5) is 5.69 Å². The molecule has 0 atom stereocenters. The molecular weight excluding hydrogens is 340 g/mol. The van der Waals surface area contributed by atoms with Crippen LogP contribution in [0.1, 0.15) is 17.5 Å². The Hall–Kier alpha value is -2.53. The molecule has 130 valence electrons. The molecule has 3 rings (SSSR count). The van der Waals surface area contributed by atoms with E-state index >= 15 is 0 Å². The summed E-state index contributed by atoms with van der Waals surface area (Å²) >= 11 is 5.96. The Morgan fingerprint density at radius 1 is 1.24 bits per heavy atom. The molecule has 1 aliphatic rings. The highest BCUT2D eigenvalue weighted by molar-refractivity contribution is 6.30. The average Bonchev–Trinajstić information content (AvgIpc) is 2.59. The molecule has 2 amide bonds. The number of halogens is 1. The van der Waals surface area contributed by atoms with E-state index in [1.54, 1.807) is 24.1 Å². The van der Waals surface area contributed by atoms with Crippen LogP contribution in [0.5, 0.6) is 5.75 Å². The molecule has 6 heteroatoms. The van der Waals surface area contributed by atoms with Crippen molar-refractivity contribution in [3.05, 3.63) is 58.6 Å². The monoisotopic (exact) mass is 358 g/mol. The smallest absolute Gasteiger partial charge is 0.260 e. The van der Waals surface area contributed by atoms with E-state index in [-0.39, 0.29) is 18.4 Å². The summed E-state index contributed by atoms with van der Waals surface area (Å²) in [7, 11) is 1.73. The minimum absolute atomic E-state index is 0.0268. The number of hydrogen-bond acceptors (Lipinski definition) is 3. The number of aryl methyl sites for hydroxylation is 1. The van der Waals surface area contributed by atoms with Gasteiger partial charge in [0.1, 0.15) is 5.75 Å². The molecule has 2 aromatic carbocycles. The highest BCUT2D eigenvalue weighted by Gasteiger charge is 2.16. The van der Waals surface area contributed by atoms with Crippen LogP contribution < -0.4 is 10.1 Å². The van der Waals surface area contributed by atoms with Gasteiger partial charge in [0.25, 0.3) is 5.91 Å². The minimum atomic E-state index is -0.119. The standard InChI is InChI=1S/C19H19ClN2O3/c1-22(11-13-3-2-4-15(20)9-13)19(24)12-25-16-6-7-17-14(10-16)5-8-18(23)21-17/h2-4,6-7,9-10H,5,8,11-12H2,1H3,(H,21,23). The number of benzene rings is 2. The fraction of sp³-hybridized carbons (Fsp3) is 0.263. The zero-order valence-electron chi connectivity index (χ0n) is 13.9. The summed E-state index contributed by atoms with van der Waals surface area (Å²) in [5.74, 6) is 0.532. The Balaban J connectivity index is 1.56. The van der Waals surface area contributed by atoms with Gasteiger partial charge >= 0.3 is 0 Å². The van der Waals surface area contributed by atoms with Gasteiger partial charge in [-0.05, 0) is 47.9 Å². The second kappa shape index (κ2) is 7.57. The first-order chi connectivity index (χ1) is 12.0. The quantitative estimate of drug-likeness (QED) is 0.892. The van der Waals surface area contributed by atoms with Crippen molar-refractivity contribution in [1.82, 2.24) is 4.90 Å². The molecule has 1 aliphatic heterocycles. The van der Waals surface area contributed by atoms with Gasteiger partial charge in [-0.2, -0.15) is 0 Å². The molecule has 0 saturated carbocycles. The Bertz CT molecular complexity index is 807. The Morgan fingerprint density at radius 2 is 2.08 bits per heavy atom. The molecule has 0 aliphatic carbocycles. The van der Waals surface area contributed by atoms with Crippen molar-refractivity contribution in [3.63, 3.8) is 0 Å². The van der Waals surface area contributed by atoms with E-state index in [4.69, 9.17) is 16.3 Å². The number of amides is 2. The molecule has 5 nitrogen and oxygen atoms in total. The SMILES string of the molecule is CN(Cc1cccc(Cl)c1)C(=O)COc1ccc2c(c1)CCC(=O)N2. The first-order valence-electron chi connectivity index (χ1n) is 8.05. The van der Waals surface area contributed by atoms with E-state index in [1.165, 1.54) is 0 Å². The van der Waals surface area contributed by atoms with Crippen LogP contribution in [0.2, 0.25) is 5.02 Å². The van der Waals surface area contributed by atoms with Gasteiger partial charge in [-0.1, -0.05) is 23.7 Å². The van der Waals surface area contributed by atoms with E-state index in [9.17, 15) is 9.59 Å². The summed E-state index contributed by atoms with van der Waals surface area (Å²) in [5.41, 5.74) is 2.80. The summed E-state index contributed by atoms with van der Waals surface area (Å²) in [6, 6.07) is 12.9. The molecule has 1 N–H and O–H groups in total. The highest BCUT2D eigenvalue weighted by atomic mass is 35.5. The van der Waals surface area contributed by atoms with E-state index < -0.39 is 0 Å². The lowest BCUT2D eigenvalue weighted by atomic mass is 10.0. The number of rotatable bonds is 5. The van der Waals surface area contributed by atoms with Crippen LogP contribution in [-0.2, 0) is 22.6 Å². The summed E-state index contributed by atoms with van der Waals surface area (Å²) in [6.45, 7) is 0.432. The van der Waals surface area contributed by atoms with Gasteiger partial charge < -0.3 is 15.0 Å². The molecule has 0 aromatic heterocycles. The number of nitrogens with zero attached hydrogens (tertiary/aromatic N) is 1. The van der Waals surface area contributed by atoms with Gasteiger partial charge in [-0.3, -0.25) is 9.59 Å². The van der Waals surface area contributed by atoms with Crippen molar-refractivity contribution in [2.45, 2.75) is 19.4 Å². The lowest BCUT2D eigenvalue weighted by Crippen LogP contribution is -2.31. The van der Waals surface area contributed by atoms with Crippen LogP contribution in [-0.4, -0.2) is 30.4 Å². The Kier molecular flexibility index (Phi) is 5.24. The van der Waals surface area contributed by atoms with Gasteiger partial charge in [-0.15, -0.1) is 0 Å². The molecule has 0 fully saturated rings. The first kappa shape index (κ1) is 17.3. The van der Waals surface area contributed by atoms with Crippen LogP contribution in [0.25, 0.3) is 0 Å². The molecule has 25 heavy (non-hydrogen) atoms. The molecule has 0 saturated heterocycles. The number of anilines is 1. The van der Waals surface area contributed by atoms with Gasteiger partial charge in [0.15, 0.2) is 6.61 Å². The van der Waals surface area contributed by atoms with Crippen LogP contribution in [0.3, 0.4) is 0 Å². The van der Waals surface area contributed by atoms with E-state index in [0.717, 1.165) is 16.8 Å². The minimum Gasteiger partial charge on any atom is -0.484 e. The first-order valence-corrected chi connectivity index (χ1v) is 8.43. The van der Waals surface area contributed by atoms with Gasteiger partial charge in [0.05, 0.1) is 0 Å². The van der Waals surface area contributed by atoms with Gasteiger partial charge in [-0.25, -0.2) is 0 Å². The van der Waals surface area contributed by atoms with Crippen LogP contribution >= 0.6 is 11.6 Å². The van der Waals surface area contributed by atoms with Crippen molar-refractivity contribution in [1.29, 1.82) is 0 Å². The number of hydrogen-bond donors (Lipinski definition) is 1. The van der Waals surface area contributed by atoms with E-state index in [2.05, 4.69) is 5.32 Å². The predicted octanol–water partition coefficient (Wildman–Crippen LogP) is 3.26. The van der Waals surface area contributed by atoms with E-state index in [0.29, 0.717) is 30.2 Å². The normalized spacial score (nSPS) is 13.0. The molecule has 1 heterocycles. The van der Waals surface area contributed by atoms with Crippen molar-refractivity contribution < 1.29 is 14.3 Å². The predicted molar refractivity (Wildman–Crippen MR) is 96.8 cm³/mol. The summed E-state index contributed by atoms with van der Waals surface area (Å²) in [6.07, 6.45) is 1.15. The molecule has 2 aromatic rings. The van der Waals surface area contributed by atoms with Crippen LogP contribution in [0.15, 0.2) is 42.5 Å². The van der Waals surface area contributed by atoms with E-state index in [1.807, 2.05) is 30.3 Å². The maximum Gasteiger partial charge on any atom is 0.260 e. The third kappa shape index (κ3) is 4.51. The van der Waals surface area contributed by atoms with Crippen molar-refractivity contribution in [2.24, 2.45) is 0 Å². The highest BCUT2D eigenvalue weighted by Crippen LogP contribution is 2.26. The molecule has 0 spiro atoms. The number of carbonyl (C=O) groups excluding carboxylic acids is 2. The third-order valence-electron chi connectivity index (χ3n) is 4.07. The maximum atomic E-state index is 12.2. The number of fused-ring (bicyclic) bond motifs is 1. The molecule has 0 bridgehead atoms.